The first kappa shape index (κ1) is 20.3. The summed E-state index contributed by atoms with van der Waals surface area (Å²) in [6, 6.07) is 21.6. The average molecular weight is 373 g/mol. The summed E-state index contributed by atoms with van der Waals surface area (Å²) >= 11 is 1.96. The second kappa shape index (κ2) is 9.06. The van der Waals surface area contributed by atoms with E-state index in [9.17, 15) is 0 Å². The second-order valence-electron chi connectivity index (χ2n) is 8.08. The summed E-state index contributed by atoms with van der Waals surface area (Å²) in [4.78, 5) is 1.33. The summed E-state index contributed by atoms with van der Waals surface area (Å²) in [6.45, 7) is 12.4. The average Bonchev–Trinajstić information content (AvgIpc) is 2.58. The Labute approximate surface area is 159 Å². The Balaban J connectivity index is 1.95. The van der Waals surface area contributed by atoms with E-state index in [2.05, 4.69) is 94.5 Å². The fourth-order valence-corrected chi connectivity index (χ4v) is 4.75. The van der Waals surface area contributed by atoms with Crippen LogP contribution in [0.5, 0.6) is 0 Å². The van der Waals surface area contributed by atoms with Crippen molar-refractivity contribution in [1.82, 2.24) is 0 Å². The molecule has 0 aliphatic carbocycles. The normalized spacial score (nSPS) is 13.6. The van der Waals surface area contributed by atoms with E-state index >= 15 is 0 Å². The molecule has 0 bridgehead atoms. The molecule has 25 heavy (non-hydrogen) atoms. The van der Waals surface area contributed by atoms with Gasteiger partial charge in [0.15, 0.2) is 8.32 Å². The van der Waals surface area contributed by atoms with Crippen LogP contribution in [0.3, 0.4) is 0 Å². The lowest BCUT2D eigenvalue weighted by Gasteiger charge is -2.36. The van der Waals surface area contributed by atoms with Gasteiger partial charge in [0.25, 0.3) is 0 Å². The number of thioether (sulfide) groups is 1. The number of rotatable bonds is 8. The fourth-order valence-electron chi connectivity index (χ4n) is 2.44. The molecule has 136 valence electrons. The van der Waals surface area contributed by atoms with E-state index in [1.807, 2.05) is 11.8 Å². The van der Waals surface area contributed by atoms with Gasteiger partial charge in [-0.05, 0) is 48.7 Å². The predicted molar refractivity (Wildman–Crippen MR) is 114 cm³/mol. The van der Waals surface area contributed by atoms with Crippen LogP contribution in [0.4, 0.5) is 0 Å². The van der Waals surface area contributed by atoms with Gasteiger partial charge in [0.05, 0.1) is 0 Å². The van der Waals surface area contributed by atoms with E-state index in [0.29, 0.717) is 5.25 Å². The molecule has 0 fully saturated rings. The van der Waals surface area contributed by atoms with Crippen LogP contribution >= 0.6 is 11.8 Å². The zero-order valence-corrected chi connectivity index (χ0v) is 18.1. The first-order valence-electron chi connectivity index (χ1n) is 9.20. The predicted octanol–water partition coefficient (Wildman–Crippen LogP) is 7.32. The summed E-state index contributed by atoms with van der Waals surface area (Å²) < 4.78 is 6.36. The van der Waals surface area contributed by atoms with Crippen molar-refractivity contribution < 1.29 is 4.43 Å². The highest BCUT2D eigenvalue weighted by Gasteiger charge is 2.36. The van der Waals surface area contributed by atoms with Crippen molar-refractivity contribution in [2.75, 3.05) is 6.61 Å². The van der Waals surface area contributed by atoms with Gasteiger partial charge in [-0.15, -0.1) is 11.8 Å². The molecule has 0 heterocycles. The molecule has 0 aromatic heterocycles. The minimum Gasteiger partial charge on any atom is -0.417 e. The van der Waals surface area contributed by atoms with E-state index in [-0.39, 0.29) is 5.04 Å². The van der Waals surface area contributed by atoms with Gasteiger partial charge in [-0.3, -0.25) is 0 Å². The monoisotopic (exact) mass is 372 g/mol. The van der Waals surface area contributed by atoms with Gasteiger partial charge in [-0.2, -0.15) is 0 Å². The molecule has 0 saturated heterocycles. The highest BCUT2D eigenvalue weighted by molar-refractivity contribution is 7.99. The largest absolute Gasteiger partial charge is 0.417 e. The maximum absolute atomic E-state index is 6.36. The van der Waals surface area contributed by atoms with Crippen molar-refractivity contribution in [2.24, 2.45) is 0 Å². The van der Waals surface area contributed by atoms with Gasteiger partial charge in [0.1, 0.15) is 0 Å². The third kappa shape index (κ3) is 6.32. The first-order valence-corrected chi connectivity index (χ1v) is 13.0. The molecule has 2 aromatic rings. The molecule has 1 atom stereocenters. The lowest BCUT2D eigenvalue weighted by molar-refractivity contribution is 0.279. The molecule has 1 nitrogen and oxygen atoms in total. The van der Waals surface area contributed by atoms with Crippen molar-refractivity contribution in [1.29, 1.82) is 0 Å². The molecule has 3 heteroatoms. The summed E-state index contributed by atoms with van der Waals surface area (Å²) in [5.41, 5.74) is 1.41. The molecular weight excluding hydrogens is 340 g/mol. The summed E-state index contributed by atoms with van der Waals surface area (Å²) in [5.74, 6) is 0. The van der Waals surface area contributed by atoms with Crippen molar-refractivity contribution in [3.8, 4) is 0 Å². The van der Waals surface area contributed by atoms with Gasteiger partial charge in [-0.1, -0.05) is 69.3 Å². The lowest BCUT2D eigenvalue weighted by atomic mass is 10.1. The number of hydrogen-bond donors (Lipinski definition) is 0. The second-order valence-corrected chi connectivity index (χ2v) is 14.2. The molecule has 0 amide bonds. The number of hydrogen-bond acceptors (Lipinski definition) is 2. The Morgan fingerprint density at radius 3 is 2.04 bits per heavy atom. The summed E-state index contributed by atoms with van der Waals surface area (Å²) in [7, 11) is -1.64. The Kier molecular flexibility index (Phi) is 7.35. The van der Waals surface area contributed by atoms with Crippen LogP contribution in [0.15, 0.2) is 65.6 Å². The Hall–Kier alpha value is -1.03. The van der Waals surface area contributed by atoms with E-state index in [0.717, 1.165) is 19.4 Å². The molecule has 0 radical (unpaired) electrons. The van der Waals surface area contributed by atoms with Crippen molar-refractivity contribution in [3.63, 3.8) is 0 Å². The minimum absolute atomic E-state index is 0.282. The molecule has 2 aromatic carbocycles. The quantitative estimate of drug-likeness (QED) is 0.273. The van der Waals surface area contributed by atoms with Crippen molar-refractivity contribution in [3.05, 3.63) is 66.2 Å². The van der Waals surface area contributed by atoms with Crippen LogP contribution in [0.1, 0.15) is 44.4 Å². The lowest BCUT2D eigenvalue weighted by Crippen LogP contribution is -2.40. The van der Waals surface area contributed by atoms with Crippen molar-refractivity contribution in [2.45, 2.75) is 61.9 Å². The van der Waals surface area contributed by atoms with Crippen molar-refractivity contribution >= 4 is 20.1 Å². The van der Waals surface area contributed by atoms with E-state index in [1.54, 1.807) is 0 Å². The maximum Gasteiger partial charge on any atom is 0.191 e. The fraction of sp³-hybridized carbons (Fsp3) is 0.455. The maximum atomic E-state index is 6.36. The highest BCUT2D eigenvalue weighted by atomic mass is 32.2. The Morgan fingerprint density at radius 1 is 0.920 bits per heavy atom. The molecular formula is C22H32OSSi. The van der Waals surface area contributed by atoms with Crippen LogP contribution in [-0.2, 0) is 4.43 Å². The molecule has 0 aliphatic heterocycles. The molecule has 0 aliphatic rings. The molecule has 1 unspecified atom stereocenters. The summed E-state index contributed by atoms with van der Waals surface area (Å²) in [5, 5.41) is 0.761. The smallest absolute Gasteiger partial charge is 0.191 e. The topological polar surface area (TPSA) is 9.23 Å². The van der Waals surface area contributed by atoms with Gasteiger partial charge >= 0.3 is 0 Å². The van der Waals surface area contributed by atoms with E-state index in [1.165, 1.54) is 10.5 Å². The zero-order chi connectivity index (χ0) is 18.3. The van der Waals surface area contributed by atoms with Gasteiger partial charge < -0.3 is 4.43 Å². The van der Waals surface area contributed by atoms with Crippen LogP contribution in [0, 0.1) is 0 Å². The zero-order valence-electron chi connectivity index (χ0n) is 16.3. The molecule has 2 rings (SSSR count). The molecule has 0 N–H and O–H groups in total. The SMILES string of the molecule is CC(C)(C)[Si](C)(C)OCCCC(Sc1ccccc1)c1ccccc1. The minimum atomic E-state index is -1.64. The Bertz CT molecular complexity index is 619. The van der Waals surface area contributed by atoms with Crippen LogP contribution in [-0.4, -0.2) is 14.9 Å². The third-order valence-electron chi connectivity index (χ3n) is 5.07. The standard InChI is InChI=1S/C22H32OSSi/c1-22(2,3)25(4,5)23-18-12-17-21(19-13-8-6-9-14-19)24-20-15-10-7-11-16-20/h6-11,13-16,21H,12,17-18H2,1-5H3. The summed E-state index contributed by atoms with van der Waals surface area (Å²) in [6.07, 6.45) is 2.24. The number of benzene rings is 2. The third-order valence-corrected chi connectivity index (χ3v) is 10.9. The molecule has 0 spiro atoms. The Morgan fingerprint density at radius 2 is 1.48 bits per heavy atom. The van der Waals surface area contributed by atoms with E-state index in [4.69, 9.17) is 4.43 Å². The first-order chi connectivity index (χ1) is 11.8. The molecule has 0 saturated carbocycles. The van der Waals surface area contributed by atoms with Crippen LogP contribution in [0.25, 0.3) is 0 Å². The van der Waals surface area contributed by atoms with Crippen LogP contribution < -0.4 is 0 Å². The van der Waals surface area contributed by atoms with Gasteiger partial charge in [0, 0.05) is 16.8 Å². The van der Waals surface area contributed by atoms with Gasteiger partial charge in [0.2, 0.25) is 0 Å². The highest BCUT2D eigenvalue weighted by Crippen LogP contribution is 2.39. The van der Waals surface area contributed by atoms with Crippen LogP contribution in [0.2, 0.25) is 18.1 Å². The van der Waals surface area contributed by atoms with E-state index < -0.39 is 8.32 Å². The van der Waals surface area contributed by atoms with Gasteiger partial charge in [-0.25, -0.2) is 0 Å².